The molecule has 3 aromatic rings. The quantitative estimate of drug-likeness (QED) is 0.730. The van der Waals surface area contributed by atoms with Crippen molar-refractivity contribution in [2.24, 2.45) is 7.05 Å². The zero-order valence-electron chi connectivity index (χ0n) is 15.8. The monoisotopic (exact) mass is 398 g/mol. The highest BCUT2D eigenvalue weighted by atomic mass is 19.2. The van der Waals surface area contributed by atoms with Crippen LogP contribution >= 0.6 is 0 Å². The number of aromatic nitrogens is 4. The Labute approximate surface area is 166 Å². The van der Waals surface area contributed by atoms with E-state index in [0.717, 1.165) is 49.6 Å². The van der Waals surface area contributed by atoms with Crippen molar-refractivity contribution in [3.8, 4) is 0 Å². The maximum atomic E-state index is 13.5. The first-order chi connectivity index (χ1) is 13.9. The smallest absolute Gasteiger partial charge is 0.251 e. The summed E-state index contributed by atoms with van der Waals surface area (Å²) in [5, 5.41) is 7.14. The number of nitrogens with zero attached hydrogens (tertiary/aromatic N) is 5. The Morgan fingerprint density at radius 2 is 2.14 bits per heavy atom. The van der Waals surface area contributed by atoms with Crippen molar-refractivity contribution in [1.29, 1.82) is 0 Å². The molecule has 1 N–H and O–H groups in total. The van der Waals surface area contributed by atoms with Crippen molar-refractivity contribution in [2.45, 2.75) is 24.5 Å². The number of amides is 1. The maximum Gasteiger partial charge on any atom is 0.251 e. The molecule has 29 heavy (non-hydrogen) atoms. The average Bonchev–Trinajstić information content (AvgIpc) is 3.35. The molecule has 0 radical (unpaired) electrons. The van der Waals surface area contributed by atoms with Gasteiger partial charge >= 0.3 is 0 Å². The highest BCUT2D eigenvalue weighted by molar-refractivity contribution is 5.94. The van der Waals surface area contributed by atoms with E-state index in [1.165, 1.54) is 6.07 Å². The van der Waals surface area contributed by atoms with Crippen LogP contribution < -0.4 is 5.32 Å². The number of aryl methyl sites for hydroxylation is 1. The summed E-state index contributed by atoms with van der Waals surface area (Å²) in [6.45, 7) is 2.52. The zero-order valence-corrected chi connectivity index (χ0v) is 15.8. The molecule has 2 aromatic heterocycles. The first-order valence-electron chi connectivity index (χ1n) is 9.43. The Balaban J connectivity index is 1.29. The van der Waals surface area contributed by atoms with Crippen molar-refractivity contribution >= 4 is 5.91 Å². The van der Waals surface area contributed by atoms with Crippen molar-refractivity contribution in [3.63, 3.8) is 0 Å². The lowest BCUT2D eigenvalue weighted by atomic mass is 9.85. The molecule has 150 valence electrons. The molecule has 1 spiro atoms. The van der Waals surface area contributed by atoms with E-state index in [2.05, 4.69) is 24.9 Å². The van der Waals surface area contributed by atoms with Crippen LogP contribution in [0.15, 0.2) is 43.0 Å². The van der Waals surface area contributed by atoms with E-state index in [0.29, 0.717) is 0 Å². The van der Waals surface area contributed by atoms with Gasteiger partial charge in [0.1, 0.15) is 5.82 Å². The zero-order chi connectivity index (χ0) is 20.2. The molecule has 0 saturated carbocycles. The minimum atomic E-state index is -1.04. The van der Waals surface area contributed by atoms with Crippen LogP contribution in [0.4, 0.5) is 8.78 Å². The third kappa shape index (κ3) is 3.02. The van der Waals surface area contributed by atoms with E-state index in [4.69, 9.17) is 0 Å². The molecule has 7 nitrogen and oxygen atoms in total. The van der Waals surface area contributed by atoms with Gasteiger partial charge in [0.2, 0.25) is 0 Å². The van der Waals surface area contributed by atoms with Gasteiger partial charge in [-0.05, 0) is 18.2 Å². The van der Waals surface area contributed by atoms with Gasteiger partial charge in [-0.25, -0.2) is 13.8 Å². The lowest BCUT2D eigenvalue weighted by Crippen LogP contribution is -2.60. The van der Waals surface area contributed by atoms with Crippen molar-refractivity contribution in [1.82, 2.24) is 29.5 Å². The van der Waals surface area contributed by atoms with E-state index in [1.807, 2.05) is 25.6 Å². The lowest BCUT2D eigenvalue weighted by molar-refractivity contribution is 0.00751. The number of hydrogen-bond acceptors (Lipinski definition) is 4. The fourth-order valence-corrected chi connectivity index (χ4v) is 4.53. The van der Waals surface area contributed by atoms with E-state index >= 15 is 0 Å². The molecule has 2 aliphatic rings. The summed E-state index contributed by atoms with van der Waals surface area (Å²) in [6, 6.07) is 2.89. The van der Waals surface area contributed by atoms with Crippen LogP contribution in [0.2, 0.25) is 0 Å². The maximum absolute atomic E-state index is 13.5. The molecule has 9 heteroatoms. The highest BCUT2D eigenvalue weighted by Gasteiger charge is 2.52. The molecule has 1 atom stereocenters. The van der Waals surface area contributed by atoms with Gasteiger partial charge in [-0.15, -0.1) is 0 Å². The fraction of sp³-hybridized carbons (Fsp3) is 0.350. The van der Waals surface area contributed by atoms with Crippen LogP contribution in [-0.4, -0.2) is 43.2 Å². The number of hydrogen-bond donors (Lipinski definition) is 1. The second-order valence-electron chi connectivity index (χ2n) is 7.91. The Hall–Kier alpha value is -3.07. The molecule has 1 aromatic carbocycles. The Bertz CT molecular complexity index is 1080. The molecule has 1 fully saturated rings. The standard InChI is InChI=1S/C20H20F2N6O/c1-26-9-13(8-24-26)10-27-11-20(12-27)7-17(18-23-4-5-28(18)20)25-19(29)14-2-3-15(21)16(22)6-14/h2-6,8-9,17H,7,10-12H2,1H3,(H,25,29). The first-order valence-corrected chi connectivity index (χ1v) is 9.43. The van der Waals surface area contributed by atoms with Gasteiger partial charge in [-0.2, -0.15) is 5.10 Å². The van der Waals surface area contributed by atoms with Gasteiger partial charge in [-0.1, -0.05) is 0 Å². The van der Waals surface area contributed by atoms with Gasteiger partial charge in [0, 0.05) is 62.8 Å². The highest BCUT2D eigenvalue weighted by Crippen LogP contribution is 2.44. The van der Waals surface area contributed by atoms with Crippen molar-refractivity contribution in [2.75, 3.05) is 13.1 Å². The third-order valence-corrected chi connectivity index (χ3v) is 5.76. The minimum absolute atomic E-state index is 0.0924. The molecule has 0 aliphatic carbocycles. The average molecular weight is 398 g/mol. The minimum Gasteiger partial charge on any atom is -0.342 e. The van der Waals surface area contributed by atoms with Crippen molar-refractivity contribution in [3.05, 3.63) is 71.6 Å². The number of fused-ring (bicyclic) bond motifs is 2. The molecule has 5 rings (SSSR count). The normalized spacial score (nSPS) is 19.9. The van der Waals surface area contributed by atoms with Crippen LogP contribution in [0.3, 0.4) is 0 Å². The second kappa shape index (κ2) is 6.48. The van der Waals surface area contributed by atoms with Gasteiger partial charge in [-0.3, -0.25) is 14.4 Å². The molecular weight excluding hydrogens is 378 g/mol. The van der Waals surface area contributed by atoms with E-state index in [9.17, 15) is 13.6 Å². The summed E-state index contributed by atoms with van der Waals surface area (Å²) < 4.78 is 30.5. The van der Waals surface area contributed by atoms with E-state index in [-0.39, 0.29) is 17.1 Å². The summed E-state index contributed by atoms with van der Waals surface area (Å²) >= 11 is 0. The van der Waals surface area contributed by atoms with Crippen molar-refractivity contribution < 1.29 is 13.6 Å². The number of rotatable bonds is 4. The molecular formula is C20H20F2N6O. The Morgan fingerprint density at radius 3 is 2.86 bits per heavy atom. The Morgan fingerprint density at radius 1 is 1.31 bits per heavy atom. The topological polar surface area (TPSA) is 68.0 Å². The van der Waals surface area contributed by atoms with Crippen LogP contribution in [-0.2, 0) is 19.1 Å². The summed E-state index contributed by atoms with van der Waals surface area (Å²) in [7, 11) is 1.90. The van der Waals surface area contributed by atoms with E-state index < -0.39 is 17.5 Å². The number of carbonyl (C=O) groups is 1. The number of carbonyl (C=O) groups excluding carboxylic acids is 1. The predicted octanol–water partition coefficient (Wildman–Crippen LogP) is 1.98. The van der Waals surface area contributed by atoms with Crippen LogP contribution in [0.1, 0.15) is 34.2 Å². The summed E-state index contributed by atoms with van der Waals surface area (Å²) in [5.74, 6) is -1.65. The molecule has 1 unspecified atom stereocenters. The summed E-state index contributed by atoms with van der Waals surface area (Å²) in [4.78, 5) is 19.3. The molecule has 4 heterocycles. The largest absolute Gasteiger partial charge is 0.342 e. The van der Waals surface area contributed by atoms with E-state index in [1.54, 1.807) is 10.9 Å². The molecule has 0 bridgehead atoms. The lowest BCUT2D eigenvalue weighted by Gasteiger charge is -2.49. The number of halogens is 2. The van der Waals surface area contributed by atoms with Crippen LogP contribution in [0.25, 0.3) is 0 Å². The fourth-order valence-electron chi connectivity index (χ4n) is 4.53. The first kappa shape index (κ1) is 18.0. The third-order valence-electron chi connectivity index (χ3n) is 5.76. The van der Waals surface area contributed by atoms with Crippen LogP contribution in [0, 0.1) is 11.6 Å². The van der Waals surface area contributed by atoms with Gasteiger partial charge in [0.05, 0.1) is 17.8 Å². The summed E-state index contributed by atoms with van der Waals surface area (Å²) in [5.41, 5.74) is 1.14. The number of likely N-dealkylation sites (tertiary alicyclic amines) is 1. The van der Waals surface area contributed by atoms with Gasteiger partial charge < -0.3 is 9.88 Å². The molecule has 2 aliphatic heterocycles. The van der Waals surface area contributed by atoms with Gasteiger partial charge in [0.15, 0.2) is 11.6 Å². The van der Waals surface area contributed by atoms with Gasteiger partial charge in [0.25, 0.3) is 5.91 Å². The predicted molar refractivity (Wildman–Crippen MR) is 99.9 cm³/mol. The molecule has 1 amide bonds. The Kier molecular flexibility index (Phi) is 4.02. The summed E-state index contributed by atoms with van der Waals surface area (Å²) in [6.07, 6.45) is 8.27. The number of imidazole rings is 1. The number of benzene rings is 1. The molecule has 1 saturated heterocycles. The SMILES string of the molecule is Cn1cc(CN2CC3(CC(NC(=O)c4ccc(F)c(F)c4)c4nccn43)C2)cn1. The number of nitrogens with one attached hydrogen (secondary N) is 1. The second-order valence-corrected chi connectivity index (χ2v) is 7.91. The van der Waals surface area contributed by atoms with Crippen LogP contribution in [0.5, 0.6) is 0 Å².